The summed E-state index contributed by atoms with van der Waals surface area (Å²) in [6.45, 7) is 7.54. The maximum atomic E-state index is 9.54. The number of rotatable bonds is 6. The summed E-state index contributed by atoms with van der Waals surface area (Å²) in [5.74, 6) is 0.463. The number of aliphatic hydroxyl groups excluding tert-OH is 2. The largest absolute Gasteiger partial charge is 0.391 e. The van der Waals surface area contributed by atoms with Crippen LogP contribution in [0.2, 0.25) is 0 Å². The van der Waals surface area contributed by atoms with Crippen molar-refractivity contribution in [3.8, 4) is 0 Å². The van der Waals surface area contributed by atoms with Gasteiger partial charge in [-0.25, -0.2) is 0 Å². The first-order valence-electron chi connectivity index (χ1n) is 4.71. The molecule has 0 aromatic carbocycles. The van der Waals surface area contributed by atoms with Crippen LogP contribution in [0.15, 0.2) is 12.7 Å². The molecule has 0 aliphatic rings. The lowest BCUT2D eigenvalue weighted by atomic mass is 9.96. The van der Waals surface area contributed by atoms with Crippen LogP contribution in [0.5, 0.6) is 0 Å². The van der Waals surface area contributed by atoms with Crippen LogP contribution >= 0.6 is 0 Å². The van der Waals surface area contributed by atoms with E-state index in [-0.39, 0.29) is 12.5 Å². The minimum atomic E-state index is -0.659. The average molecular weight is 187 g/mol. The Morgan fingerprint density at radius 3 is 2.23 bits per heavy atom. The third-order valence-corrected chi connectivity index (χ3v) is 1.99. The quantitative estimate of drug-likeness (QED) is 0.535. The smallest absolute Gasteiger partial charge is 0.0743 e. The lowest BCUT2D eigenvalue weighted by Crippen LogP contribution is -2.37. The Labute approximate surface area is 80.3 Å². The second-order valence-electron chi connectivity index (χ2n) is 3.90. The van der Waals surface area contributed by atoms with Gasteiger partial charge in [-0.2, -0.15) is 0 Å². The third kappa shape index (κ3) is 5.80. The molecule has 0 spiro atoms. The minimum Gasteiger partial charge on any atom is -0.391 e. The summed E-state index contributed by atoms with van der Waals surface area (Å²) < 4.78 is 0. The van der Waals surface area contributed by atoms with Crippen LogP contribution in [0.3, 0.4) is 0 Å². The molecule has 0 aromatic heterocycles. The fourth-order valence-electron chi connectivity index (χ4n) is 1.22. The molecule has 0 bridgehead atoms. The molecule has 3 heteroatoms. The summed E-state index contributed by atoms with van der Waals surface area (Å²) in [6, 6.07) is -0.255. The highest BCUT2D eigenvalue weighted by Gasteiger charge is 2.18. The zero-order chi connectivity index (χ0) is 10.4. The highest BCUT2D eigenvalue weighted by Crippen LogP contribution is 2.10. The molecule has 0 aromatic rings. The van der Waals surface area contributed by atoms with Gasteiger partial charge < -0.3 is 15.9 Å². The Morgan fingerprint density at radius 2 is 1.85 bits per heavy atom. The predicted molar refractivity (Wildman–Crippen MR) is 54.3 cm³/mol. The van der Waals surface area contributed by atoms with Crippen LogP contribution in [0.25, 0.3) is 0 Å². The molecular formula is C10H21NO2. The molecule has 13 heavy (non-hydrogen) atoms. The van der Waals surface area contributed by atoms with E-state index in [0.29, 0.717) is 5.92 Å². The third-order valence-electron chi connectivity index (χ3n) is 1.99. The van der Waals surface area contributed by atoms with Crippen LogP contribution < -0.4 is 5.73 Å². The average Bonchev–Trinajstić information content (AvgIpc) is 2.02. The summed E-state index contributed by atoms with van der Waals surface area (Å²) in [7, 11) is 0. The molecule has 0 aliphatic heterocycles. The molecular weight excluding hydrogens is 166 g/mol. The molecule has 0 amide bonds. The molecule has 0 aliphatic carbocycles. The summed E-state index contributed by atoms with van der Waals surface area (Å²) in [5.41, 5.74) is 5.73. The topological polar surface area (TPSA) is 66.5 Å². The van der Waals surface area contributed by atoms with Gasteiger partial charge in [0, 0.05) is 12.5 Å². The van der Waals surface area contributed by atoms with E-state index in [2.05, 4.69) is 20.4 Å². The van der Waals surface area contributed by atoms with Gasteiger partial charge in [-0.3, -0.25) is 0 Å². The summed E-state index contributed by atoms with van der Waals surface area (Å²) >= 11 is 0. The summed E-state index contributed by atoms with van der Waals surface area (Å²) in [5, 5.41) is 18.7. The van der Waals surface area contributed by atoms with Gasteiger partial charge in [0.15, 0.2) is 0 Å². The number of hydrogen-bond donors (Lipinski definition) is 3. The molecule has 0 saturated carbocycles. The number of hydrogen-bond acceptors (Lipinski definition) is 3. The fourth-order valence-corrected chi connectivity index (χ4v) is 1.22. The lowest BCUT2D eigenvalue weighted by molar-refractivity contribution is 0.0793. The summed E-state index contributed by atoms with van der Waals surface area (Å²) in [6.07, 6.45) is 1.15. The first kappa shape index (κ1) is 12.6. The normalized spacial score (nSPS) is 18.3. The van der Waals surface area contributed by atoms with Crippen molar-refractivity contribution in [2.24, 2.45) is 11.7 Å². The second-order valence-corrected chi connectivity index (χ2v) is 3.90. The van der Waals surface area contributed by atoms with E-state index in [0.717, 1.165) is 6.42 Å². The standard InChI is InChI=1S/C10H21NO2/c1-4-8(12)6-10(13)9(11)5-7(2)3/h4,7-10,12-13H,1,5-6,11H2,2-3H3. The molecule has 3 unspecified atom stereocenters. The van der Waals surface area contributed by atoms with Crippen molar-refractivity contribution < 1.29 is 10.2 Å². The van der Waals surface area contributed by atoms with Gasteiger partial charge in [-0.1, -0.05) is 19.9 Å². The van der Waals surface area contributed by atoms with Crippen molar-refractivity contribution in [2.45, 2.75) is 44.9 Å². The SMILES string of the molecule is C=CC(O)CC(O)C(N)CC(C)C. The van der Waals surface area contributed by atoms with Crippen LogP contribution in [0.1, 0.15) is 26.7 Å². The fraction of sp³-hybridized carbons (Fsp3) is 0.800. The maximum absolute atomic E-state index is 9.54. The molecule has 4 N–H and O–H groups in total. The monoisotopic (exact) mass is 187 g/mol. The van der Waals surface area contributed by atoms with Gasteiger partial charge in [0.1, 0.15) is 0 Å². The van der Waals surface area contributed by atoms with Gasteiger partial charge in [0.25, 0.3) is 0 Å². The Balaban J connectivity index is 3.81. The van der Waals surface area contributed by atoms with E-state index in [1.165, 1.54) is 6.08 Å². The van der Waals surface area contributed by atoms with E-state index in [4.69, 9.17) is 5.73 Å². The first-order valence-corrected chi connectivity index (χ1v) is 4.71. The Morgan fingerprint density at radius 1 is 1.31 bits per heavy atom. The van der Waals surface area contributed by atoms with Gasteiger partial charge in [-0.05, 0) is 12.3 Å². The van der Waals surface area contributed by atoms with E-state index in [1.807, 2.05) is 0 Å². The highest BCUT2D eigenvalue weighted by molar-refractivity contribution is 4.84. The Kier molecular flexibility index (Phi) is 5.95. The number of nitrogens with two attached hydrogens (primary N) is 1. The van der Waals surface area contributed by atoms with Crippen molar-refractivity contribution >= 4 is 0 Å². The van der Waals surface area contributed by atoms with Crippen LogP contribution in [0.4, 0.5) is 0 Å². The maximum Gasteiger partial charge on any atom is 0.0743 e. The van der Waals surface area contributed by atoms with Crippen molar-refractivity contribution in [3.63, 3.8) is 0 Å². The zero-order valence-electron chi connectivity index (χ0n) is 8.48. The van der Waals surface area contributed by atoms with Gasteiger partial charge in [0.2, 0.25) is 0 Å². The van der Waals surface area contributed by atoms with E-state index < -0.39 is 12.2 Å². The van der Waals surface area contributed by atoms with Gasteiger partial charge in [-0.15, -0.1) is 6.58 Å². The van der Waals surface area contributed by atoms with Crippen molar-refractivity contribution in [1.29, 1.82) is 0 Å². The van der Waals surface area contributed by atoms with Gasteiger partial charge in [0.05, 0.1) is 12.2 Å². The molecule has 78 valence electrons. The van der Waals surface area contributed by atoms with Crippen LogP contribution in [0, 0.1) is 5.92 Å². The molecule has 0 radical (unpaired) electrons. The first-order chi connectivity index (χ1) is 5.97. The lowest BCUT2D eigenvalue weighted by Gasteiger charge is -2.21. The highest BCUT2D eigenvalue weighted by atomic mass is 16.3. The number of aliphatic hydroxyl groups is 2. The van der Waals surface area contributed by atoms with Crippen LogP contribution in [-0.4, -0.2) is 28.5 Å². The zero-order valence-corrected chi connectivity index (χ0v) is 8.48. The van der Waals surface area contributed by atoms with E-state index in [9.17, 15) is 10.2 Å². The predicted octanol–water partition coefficient (Wildman–Crippen LogP) is 0.658. The van der Waals surface area contributed by atoms with Crippen molar-refractivity contribution in [2.75, 3.05) is 0 Å². The van der Waals surface area contributed by atoms with E-state index in [1.54, 1.807) is 0 Å². The Hall–Kier alpha value is -0.380. The minimum absolute atomic E-state index is 0.255. The molecule has 0 rings (SSSR count). The van der Waals surface area contributed by atoms with Gasteiger partial charge >= 0.3 is 0 Å². The summed E-state index contributed by atoms with van der Waals surface area (Å²) in [4.78, 5) is 0. The molecule has 3 atom stereocenters. The Bertz CT molecular complexity index is 148. The molecule has 0 heterocycles. The van der Waals surface area contributed by atoms with Crippen LogP contribution in [-0.2, 0) is 0 Å². The van der Waals surface area contributed by atoms with Crippen molar-refractivity contribution in [1.82, 2.24) is 0 Å². The molecule has 0 saturated heterocycles. The molecule has 3 nitrogen and oxygen atoms in total. The van der Waals surface area contributed by atoms with Crippen molar-refractivity contribution in [3.05, 3.63) is 12.7 Å². The van der Waals surface area contributed by atoms with E-state index >= 15 is 0 Å². The molecule has 0 fully saturated rings. The second kappa shape index (κ2) is 6.13.